The molecule has 0 saturated heterocycles. The lowest BCUT2D eigenvalue weighted by molar-refractivity contribution is -0.119. The van der Waals surface area contributed by atoms with Crippen molar-refractivity contribution >= 4 is 51.0 Å². The number of hydrogen-bond donors (Lipinski definition) is 2. The highest BCUT2D eigenvalue weighted by molar-refractivity contribution is 7.18. The Morgan fingerprint density at radius 1 is 1.09 bits per heavy atom. The van der Waals surface area contributed by atoms with E-state index < -0.39 is 30.4 Å². The molecular formula is C24H23N3O6S. The summed E-state index contributed by atoms with van der Waals surface area (Å²) in [4.78, 5) is 54.5. The van der Waals surface area contributed by atoms with Crippen molar-refractivity contribution in [3.8, 4) is 0 Å². The predicted molar refractivity (Wildman–Crippen MR) is 126 cm³/mol. The van der Waals surface area contributed by atoms with Crippen molar-refractivity contribution in [1.29, 1.82) is 0 Å². The van der Waals surface area contributed by atoms with Crippen LogP contribution < -0.4 is 11.1 Å². The number of hydrogen-bond acceptors (Lipinski definition) is 8. The fraction of sp³-hybridized carbons (Fsp3) is 0.292. The number of amides is 2. The second-order valence-corrected chi connectivity index (χ2v) is 8.77. The maximum absolute atomic E-state index is 13.0. The summed E-state index contributed by atoms with van der Waals surface area (Å²) in [7, 11) is 0. The Morgan fingerprint density at radius 2 is 1.82 bits per heavy atom. The number of primary amides is 1. The summed E-state index contributed by atoms with van der Waals surface area (Å²) in [5, 5.41) is 3.33. The molecule has 4 rings (SSSR count). The van der Waals surface area contributed by atoms with Gasteiger partial charge in [0, 0.05) is 11.1 Å². The van der Waals surface area contributed by atoms with Crippen LogP contribution >= 0.6 is 11.3 Å². The van der Waals surface area contributed by atoms with Gasteiger partial charge in [0.2, 0.25) is 0 Å². The van der Waals surface area contributed by atoms with Crippen LogP contribution in [0, 0.1) is 6.92 Å². The predicted octanol–water partition coefficient (Wildman–Crippen LogP) is 3.16. The van der Waals surface area contributed by atoms with E-state index in [0.717, 1.165) is 41.9 Å². The summed E-state index contributed by atoms with van der Waals surface area (Å²) in [5.74, 6) is -2.68. The number of rotatable bonds is 7. The molecule has 9 nitrogen and oxygen atoms in total. The van der Waals surface area contributed by atoms with E-state index in [9.17, 15) is 19.2 Å². The monoisotopic (exact) mass is 481 g/mol. The number of nitrogens with one attached hydrogen (secondary N) is 1. The molecule has 0 bridgehead atoms. The molecule has 0 radical (unpaired) electrons. The van der Waals surface area contributed by atoms with Crippen LogP contribution in [0.5, 0.6) is 0 Å². The first kappa shape index (κ1) is 23.4. The molecule has 34 heavy (non-hydrogen) atoms. The zero-order valence-electron chi connectivity index (χ0n) is 18.7. The van der Waals surface area contributed by atoms with E-state index in [-0.39, 0.29) is 22.0 Å². The van der Waals surface area contributed by atoms with Crippen molar-refractivity contribution in [1.82, 2.24) is 4.98 Å². The third-order valence-electron chi connectivity index (χ3n) is 5.56. The number of carbonyl (C=O) groups excluding carboxylic acids is 4. The van der Waals surface area contributed by atoms with Gasteiger partial charge in [0.1, 0.15) is 5.00 Å². The summed E-state index contributed by atoms with van der Waals surface area (Å²) in [5.41, 5.74) is 8.63. The van der Waals surface area contributed by atoms with E-state index >= 15 is 0 Å². The van der Waals surface area contributed by atoms with E-state index in [1.807, 2.05) is 24.3 Å². The van der Waals surface area contributed by atoms with Gasteiger partial charge in [-0.2, -0.15) is 0 Å². The molecule has 1 aliphatic rings. The van der Waals surface area contributed by atoms with Crippen molar-refractivity contribution in [2.75, 3.05) is 18.5 Å². The topological polar surface area (TPSA) is 138 Å². The highest BCUT2D eigenvalue weighted by Gasteiger charge is 2.27. The number of nitrogens with two attached hydrogens (primary N) is 1. The first-order valence-corrected chi connectivity index (χ1v) is 11.6. The van der Waals surface area contributed by atoms with Gasteiger partial charge in [-0.1, -0.05) is 18.2 Å². The Bertz CT molecular complexity index is 1330. The van der Waals surface area contributed by atoms with Crippen LogP contribution in [0.4, 0.5) is 5.00 Å². The number of para-hydroxylation sites is 1. The number of ether oxygens (including phenoxy) is 2. The number of thiophene rings is 1. The lowest BCUT2D eigenvalue weighted by atomic mass is 10.0. The second kappa shape index (κ2) is 9.60. The molecule has 2 aromatic heterocycles. The van der Waals surface area contributed by atoms with Gasteiger partial charge in [-0.05, 0) is 50.3 Å². The van der Waals surface area contributed by atoms with Crippen LogP contribution in [0.15, 0.2) is 24.3 Å². The number of fused-ring (bicyclic) bond motifs is 2. The fourth-order valence-electron chi connectivity index (χ4n) is 4.10. The van der Waals surface area contributed by atoms with Gasteiger partial charge >= 0.3 is 11.9 Å². The van der Waals surface area contributed by atoms with Gasteiger partial charge in [0.25, 0.3) is 11.8 Å². The Kier molecular flexibility index (Phi) is 6.60. The zero-order chi connectivity index (χ0) is 24.4. The standard InChI is InChI=1S/C24H23N3O6S/c1-3-32-23(30)18-12(2)20(21(25)29)34-22(18)27-17(28)11-33-24(31)19-13-7-4-5-9-15(13)26-16-10-6-8-14(16)19/h4-5,7,9H,3,6,8,10-11H2,1-2H3,(H2,25,29)(H,27,28). The third kappa shape index (κ3) is 4.36. The highest BCUT2D eigenvalue weighted by Crippen LogP contribution is 2.34. The number of aromatic nitrogens is 1. The van der Waals surface area contributed by atoms with E-state index in [2.05, 4.69) is 10.3 Å². The highest BCUT2D eigenvalue weighted by atomic mass is 32.1. The molecule has 3 N–H and O–H groups in total. The van der Waals surface area contributed by atoms with Crippen molar-refractivity contribution in [3.63, 3.8) is 0 Å². The normalized spacial score (nSPS) is 12.3. The molecule has 1 aliphatic carbocycles. The third-order valence-corrected chi connectivity index (χ3v) is 6.78. The van der Waals surface area contributed by atoms with E-state index in [1.54, 1.807) is 13.8 Å². The maximum atomic E-state index is 13.0. The Labute approximate surface area is 199 Å². The Hall–Kier alpha value is -3.79. The summed E-state index contributed by atoms with van der Waals surface area (Å²) >= 11 is 0.869. The number of esters is 2. The first-order chi connectivity index (χ1) is 16.3. The van der Waals surface area contributed by atoms with Gasteiger partial charge in [0.15, 0.2) is 6.61 Å². The van der Waals surface area contributed by atoms with Gasteiger partial charge in [0.05, 0.1) is 28.1 Å². The van der Waals surface area contributed by atoms with Crippen LogP contribution in [0.2, 0.25) is 0 Å². The molecule has 2 heterocycles. The summed E-state index contributed by atoms with van der Waals surface area (Å²) < 4.78 is 10.4. The zero-order valence-corrected chi connectivity index (χ0v) is 19.5. The molecule has 0 spiro atoms. The van der Waals surface area contributed by atoms with E-state index in [4.69, 9.17) is 15.2 Å². The lowest BCUT2D eigenvalue weighted by Crippen LogP contribution is -2.22. The molecular weight excluding hydrogens is 458 g/mol. The van der Waals surface area contributed by atoms with Crippen LogP contribution in [-0.4, -0.2) is 42.0 Å². The number of nitrogens with zero attached hydrogens (tertiary/aromatic N) is 1. The minimum Gasteiger partial charge on any atom is -0.462 e. The molecule has 10 heteroatoms. The molecule has 0 unspecified atom stereocenters. The molecule has 3 aromatic rings. The van der Waals surface area contributed by atoms with Crippen molar-refractivity contribution in [2.45, 2.75) is 33.1 Å². The van der Waals surface area contributed by atoms with E-state index in [0.29, 0.717) is 22.0 Å². The largest absolute Gasteiger partial charge is 0.462 e. The minimum absolute atomic E-state index is 0.0540. The minimum atomic E-state index is -0.724. The number of anilines is 1. The molecule has 0 aliphatic heterocycles. The second-order valence-electron chi connectivity index (χ2n) is 7.75. The number of aryl methyl sites for hydroxylation is 1. The van der Waals surface area contributed by atoms with Gasteiger partial charge in [-0.25, -0.2) is 9.59 Å². The number of carbonyl (C=O) groups is 4. The van der Waals surface area contributed by atoms with Gasteiger partial charge in [-0.3, -0.25) is 14.6 Å². The summed E-state index contributed by atoms with van der Waals surface area (Å²) in [6.07, 6.45) is 2.41. The molecule has 0 saturated carbocycles. The number of pyridine rings is 1. The van der Waals surface area contributed by atoms with Gasteiger partial charge < -0.3 is 20.5 Å². The Balaban J connectivity index is 1.54. The average molecular weight is 482 g/mol. The maximum Gasteiger partial charge on any atom is 0.341 e. The van der Waals surface area contributed by atoms with Crippen LogP contribution in [0.3, 0.4) is 0 Å². The fourth-order valence-corrected chi connectivity index (χ4v) is 5.16. The van der Waals surface area contributed by atoms with Crippen molar-refractivity contribution < 1.29 is 28.7 Å². The smallest absolute Gasteiger partial charge is 0.341 e. The average Bonchev–Trinajstić information content (AvgIpc) is 3.39. The summed E-state index contributed by atoms with van der Waals surface area (Å²) in [6, 6.07) is 7.32. The molecule has 0 fully saturated rings. The van der Waals surface area contributed by atoms with Crippen LogP contribution in [0.25, 0.3) is 10.9 Å². The van der Waals surface area contributed by atoms with Crippen LogP contribution in [0.1, 0.15) is 60.6 Å². The first-order valence-electron chi connectivity index (χ1n) is 10.8. The van der Waals surface area contributed by atoms with Gasteiger partial charge in [-0.15, -0.1) is 11.3 Å². The molecule has 0 atom stereocenters. The SMILES string of the molecule is CCOC(=O)c1c(NC(=O)COC(=O)c2c3c(nc4ccccc24)CCC3)sc(C(N)=O)c1C. The van der Waals surface area contributed by atoms with E-state index in [1.165, 1.54) is 0 Å². The molecule has 176 valence electrons. The van der Waals surface area contributed by atoms with Crippen LogP contribution in [-0.2, 0) is 27.1 Å². The molecule has 1 aromatic carbocycles. The number of benzene rings is 1. The summed E-state index contributed by atoms with van der Waals surface area (Å²) in [6.45, 7) is 2.74. The van der Waals surface area contributed by atoms with Crippen molar-refractivity contribution in [3.05, 3.63) is 57.1 Å². The Morgan fingerprint density at radius 3 is 2.56 bits per heavy atom. The lowest BCUT2D eigenvalue weighted by Gasteiger charge is -2.12. The molecule has 2 amide bonds. The van der Waals surface area contributed by atoms with Crippen molar-refractivity contribution in [2.24, 2.45) is 5.73 Å². The quantitative estimate of drug-likeness (QED) is 0.494.